The largest absolute Gasteiger partial charge is 0.393 e. The number of halogens is 1. The van der Waals surface area contributed by atoms with E-state index in [1.165, 1.54) is 57.5 Å². The molecule has 130 valence electrons. The Balaban J connectivity index is 0.000000229. The lowest BCUT2D eigenvalue weighted by Gasteiger charge is -2.32. The number of hydrogen-bond acceptors (Lipinski definition) is 3. The Labute approximate surface area is 149 Å². The molecule has 0 bridgehead atoms. The van der Waals surface area contributed by atoms with Crippen LogP contribution in [0.3, 0.4) is 0 Å². The SMILES string of the molecule is CN1CCN(CCc2ccc(Br)cc2)CC1.OC1CCCCC1. The Morgan fingerprint density at radius 2 is 1.61 bits per heavy atom. The Hall–Kier alpha value is -0.420. The van der Waals surface area contributed by atoms with Crippen molar-refractivity contribution in [2.75, 3.05) is 39.8 Å². The number of benzene rings is 1. The first-order valence-corrected chi connectivity index (χ1v) is 9.76. The van der Waals surface area contributed by atoms with Gasteiger partial charge in [-0.05, 0) is 44.0 Å². The van der Waals surface area contributed by atoms with E-state index in [9.17, 15) is 0 Å². The minimum atomic E-state index is 0.0359. The molecule has 0 aromatic heterocycles. The van der Waals surface area contributed by atoms with Gasteiger partial charge in [0.15, 0.2) is 0 Å². The summed E-state index contributed by atoms with van der Waals surface area (Å²) >= 11 is 3.46. The second kappa shape index (κ2) is 10.4. The van der Waals surface area contributed by atoms with Gasteiger partial charge < -0.3 is 14.9 Å². The third kappa shape index (κ3) is 7.79. The van der Waals surface area contributed by atoms with Gasteiger partial charge in [0.05, 0.1) is 6.10 Å². The van der Waals surface area contributed by atoms with Gasteiger partial charge in [0.2, 0.25) is 0 Å². The fourth-order valence-electron chi connectivity index (χ4n) is 3.09. The predicted molar refractivity (Wildman–Crippen MR) is 101 cm³/mol. The first-order valence-electron chi connectivity index (χ1n) is 8.97. The lowest BCUT2D eigenvalue weighted by Crippen LogP contribution is -2.45. The summed E-state index contributed by atoms with van der Waals surface area (Å²) in [7, 11) is 2.20. The standard InChI is InChI=1S/C13H19BrN2.C6H12O/c1-15-8-10-16(11-9-15)7-6-12-2-4-13(14)5-3-12;7-6-4-2-1-3-5-6/h2-5H,6-11H2,1H3;6-7H,1-5H2. The molecule has 0 atom stereocenters. The number of piperazine rings is 1. The van der Waals surface area contributed by atoms with Crippen molar-refractivity contribution in [1.29, 1.82) is 0 Å². The molecular weight excluding hydrogens is 352 g/mol. The van der Waals surface area contributed by atoms with Gasteiger partial charge >= 0.3 is 0 Å². The zero-order valence-corrected chi connectivity index (χ0v) is 16.0. The number of aliphatic hydroxyl groups excluding tert-OH is 1. The van der Waals surface area contributed by atoms with Crippen molar-refractivity contribution in [3.05, 3.63) is 34.3 Å². The Morgan fingerprint density at radius 3 is 2.13 bits per heavy atom. The van der Waals surface area contributed by atoms with Crippen molar-refractivity contribution in [2.24, 2.45) is 0 Å². The van der Waals surface area contributed by atoms with E-state index in [1.807, 2.05) is 0 Å². The summed E-state index contributed by atoms with van der Waals surface area (Å²) in [5.74, 6) is 0. The lowest BCUT2D eigenvalue weighted by atomic mass is 9.98. The smallest absolute Gasteiger partial charge is 0.0540 e. The maximum atomic E-state index is 8.91. The van der Waals surface area contributed by atoms with Gasteiger partial charge in [0, 0.05) is 37.2 Å². The van der Waals surface area contributed by atoms with Crippen LogP contribution in [0.2, 0.25) is 0 Å². The fraction of sp³-hybridized carbons (Fsp3) is 0.684. The van der Waals surface area contributed by atoms with Gasteiger partial charge in [-0.1, -0.05) is 47.3 Å². The topological polar surface area (TPSA) is 26.7 Å². The second-order valence-electron chi connectivity index (χ2n) is 6.81. The van der Waals surface area contributed by atoms with Gasteiger partial charge in [-0.3, -0.25) is 0 Å². The van der Waals surface area contributed by atoms with E-state index in [4.69, 9.17) is 5.11 Å². The molecule has 0 spiro atoms. The van der Waals surface area contributed by atoms with E-state index in [2.05, 4.69) is 57.0 Å². The molecule has 23 heavy (non-hydrogen) atoms. The zero-order chi connectivity index (χ0) is 16.5. The normalized spacial score (nSPS) is 20.8. The van der Waals surface area contributed by atoms with Crippen LogP contribution in [-0.2, 0) is 6.42 Å². The van der Waals surface area contributed by atoms with E-state index in [0.717, 1.165) is 23.7 Å². The van der Waals surface area contributed by atoms with E-state index >= 15 is 0 Å². The molecule has 0 unspecified atom stereocenters. The van der Waals surface area contributed by atoms with Crippen molar-refractivity contribution < 1.29 is 5.11 Å². The summed E-state index contributed by atoms with van der Waals surface area (Å²) in [6.07, 6.45) is 7.09. The van der Waals surface area contributed by atoms with Crippen molar-refractivity contribution >= 4 is 15.9 Å². The number of hydrogen-bond donors (Lipinski definition) is 1. The molecule has 1 heterocycles. The molecule has 2 aliphatic rings. The molecule has 1 saturated heterocycles. The van der Waals surface area contributed by atoms with Gasteiger partial charge in [0.25, 0.3) is 0 Å². The van der Waals surface area contributed by atoms with Crippen LogP contribution in [-0.4, -0.2) is 60.8 Å². The molecule has 1 aliphatic carbocycles. The van der Waals surface area contributed by atoms with Crippen LogP contribution in [0.5, 0.6) is 0 Å². The van der Waals surface area contributed by atoms with Crippen LogP contribution >= 0.6 is 15.9 Å². The third-order valence-electron chi connectivity index (χ3n) is 4.80. The van der Waals surface area contributed by atoms with Gasteiger partial charge in [-0.2, -0.15) is 0 Å². The Morgan fingerprint density at radius 1 is 1.00 bits per heavy atom. The van der Waals surface area contributed by atoms with Crippen LogP contribution in [0.4, 0.5) is 0 Å². The zero-order valence-electron chi connectivity index (χ0n) is 14.4. The van der Waals surface area contributed by atoms with Crippen molar-refractivity contribution in [1.82, 2.24) is 9.80 Å². The number of nitrogens with zero attached hydrogens (tertiary/aromatic N) is 2. The van der Waals surface area contributed by atoms with Gasteiger partial charge in [-0.25, -0.2) is 0 Å². The highest BCUT2D eigenvalue weighted by atomic mass is 79.9. The van der Waals surface area contributed by atoms with Gasteiger partial charge in [0.1, 0.15) is 0 Å². The summed E-state index contributed by atoms with van der Waals surface area (Å²) in [5.41, 5.74) is 1.43. The predicted octanol–water partition coefficient (Wildman–Crippen LogP) is 3.55. The molecule has 1 aromatic rings. The Bertz CT molecular complexity index is 424. The highest BCUT2D eigenvalue weighted by Gasteiger charge is 2.12. The molecule has 1 aliphatic heterocycles. The van der Waals surface area contributed by atoms with Crippen molar-refractivity contribution in [3.8, 4) is 0 Å². The summed E-state index contributed by atoms with van der Waals surface area (Å²) in [5, 5.41) is 8.91. The fourth-order valence-corrected chi connectivity index (χ4v) is 3.36. The summed E-state index contributed by atoms with van der Waals surface area (Å²) < 4.78 is 1.16. The number of rotatable bonds is 3. The summed E-state index contributed by atoms with van der Waals surface area (Å²) in [6.45, 7) is 6.04. The highest BCUT2D eigenvalue weighted by Crippen LogP contribution is 2.16. The van der Waals surface area contributed by atoms with Crippen LogP contribution in [0.25, 0.3) is 0 Å². The van der Waals surface area contributed by atoms with E-state index < -0.39 is 0 Å². The molecule has 1 N–H and O–H groups in total. The highest BCUT2D eigenvalue weighted by molar-refractivity contribution is 9.10. The number of likely N-dealkylation sites (N-methyl/N-ethyl adjacent to an activating group) is 1. The first-order chi connectivity index (χ1) is 11.1. The summed E-state index contributed by atoms with van der Waals surface area (Å²) in [4.78, 5) is 4.96. The molecule has 3 rings (SSSR count). The molecule has 1 saturated carbocycles. The van der Waals surface area contributed by atoms with E-state index in [1.54, 1.807) is 0 Å². The van der Waals surface area contributed by atoms with E-state index in [-0.39, 0.29) is 6.10 Å². The average molecular weight is 383 g/mol. The molecule has 0 radical (unpaired) electrons. The lowest BCUT2D eigenvalue weighted by molar-refractivity contribution is 0.130. The average Bonchev–Trinajstić information content (AvgIpc) is 2.57. The minimum Gasteiger partial charge on any atom is -0.393 e. The van der Waals surface area contributed by atoms with Crippen LogP contribution < -0.4 is 0 Å². The van der Waals surface area contributed by atoms with Crippen LogP contribution in [0, 0.1) is 0 Å². The minimum absolute atomic E-state index is 0.0359. The third-order valence-corrected chi connectivity index (χ3v) is 5.33. The molecule has 3 nitrogen and oxygen atoms in total. The molecular formula is C19H31BrN2O. The second-order valence-corrected chi connectivity index (χ2v) is 7.73. The Kier molecular flexibility index (Phi) is 8.59. The first kappa shape index (κ1) is 18.9. The number of aliphatic hydroxyl groups is 1. The molecule has 0 amide bonds. The maximum Gasteiger partial charge on any atom is 0.0540 e. The van der Waals surface area contributed by atoms with Crippen molar-refractivity contribution in [3.63, 3.8) is 0 Å². The van der Waals surface area contributed by atoms with Crippen LogP contribution in [0.15, 0.2) is 28.7 Å². The monoisotopic (exact) mass is 382 g/mol. The van der Waals surface area contributed by atoms with E-state index in [0.29, 0.717) is 0 Å². The molecule has 2 fully saturated rings. The van der Waals surface area contributed by atoms with Crippen molar-refractivity contribution in [2.45, 2.75) is 44.6 Å². The quantitative estimate of drug-likeness (QED) is 0.865. The summed E-state index contributed by atoms with van der Waals surface area (Å²) in [6, 6.07) is 8.67. The van der Waals surface area contributed by atoms with Crippen LogP contribution in [0.1, 0.15) is 37.7 Å². The molecule has 1 aromatic carbocycles. The van der Waals surface area contributed by atoms with Gasteiger partial charge in [-0.15, -0.1) is 0 Å². The molecule has 4 heteroatoms. The maximum absolute atomic E-state index is 8.91.